The van der Waals surface area contributed by atoms with Crippen LogP contribution in [0.5, 0.6) is 5.75 Å². The Bertz CT molecular complexity index is 848. The summed E-state index contributed by atoms with van der Waals surface area (Å²) in [6, 6.07) is 12.9. The van der Waals surface area contributed by atoms with Gasteiger partial charge >= 0.3 is 0 Å². The number of ether oxygens (including phenoxy) is 1. The number of non-ortho nitro benzene ring substituents is 1. The fourth-order valence-corrected chi connectivity index (χ4v) is 2.71. The zero-order valence-electron chi connectivity index (χ0n) is 16.3. The first kappa shape index (κ1) is 21.1. The van der Waals surface area contributed by atoms with E-state index in [4.69, 9.17) is 4.74 Å². The molecule has 0 aliphatic carbocycles. The maximum absolute atomic E-state index is 12.4. The highest BCUT2D eigenvalue weighted by Gasteiger charge is 2.19. The summed E-state index contributed by atoms with van der Waals surface area (Å²) in [6.07, 6.45) is 0.848. The van der Waals surface area contributed by atoms with Gasteiger partial charge in [0.25, 0.3) is 5.69 Å². The molecular formula is C21H24N2O5. The van der Waals surface area contributed by atoms with Gasteiger partial charge in [-0.2, -0.15) is 0 Å². The van der Waals surface area contributed by atoms with Crippen LogP contribution in [0.1, 0.15) is 48.7 Å². The SMILES string of the molecule is CC(=O)c1ccc(OCCCC(=O)N(C)[C@H](C)c2cccc([N+](=O)[O-])c2)cc1. The fraction of sp³-hybridized carbons (Fsp3) is 0.333. The monoisotopic (exact) mass is 384 g/mol. The Hall–Kier alpha value is -3.22. The Kier molecular flexibility index (Phi) is 7.26. The molecule has 2 aromatic carbocycles. The second-order valence-electron chi connectivity index (χ2n) is 6.57. The van der Waals surface area contributed by atoms with Gasteiger partial charge in [-0.15, -0.1) is 0 Å². The quantitative estimate of drug-likeness (QED) is 0.280. The topological polar surface area (TPSA) is 89.8 Å². The summed E-state index contributed by atoms with van der Waals surface area (Å²) in [4.78, 5) is 35.7. The van der Waals surface area contributed by atoms with Crippen LogP contribution in [0, 0.1) is 10.1 Å². The molecule has 0 bridgehead atoms. The van der Waals surface area contributed by atoms with E-state index in [1.54, 1.807) is 48.3 Å². The van der Waals surface area contributed by atoms with E-state index in [-0.39, 0.29) is 23.4 Å². The Morgan fingerprint density at radius 1 is 1.18 bits per heavy atom. The Labute approximate surface area is 164 Å². The van der Waals surface area contributed by atoms with Crippen LogP contribution >= 0.6 is 0 Å². The summed E-state index contributed by atoms with van der Waals surface area (Å²) in [7, 11) is 1.69. The van der Waals surface area contributed by atoms with Gasteiger partial charge in [-0.1, -0.05) is 12.1 Å². The summed E-state index contributed by atoms with van der Waals surface area (Å²) in [6.45, 7) is 3.72. The molecule has 0 radical (unpaired) electrons. The summed E-state index contributed by atoms with van der Waals surface area (Å²) in [5, 5.41) is 10.9. The molecule has 0 fully saturated rings. The predicted molar refractivity (Wildman–Crippen MR) is 105 cm³/mol. The molecule has 0 spiro atoms. The molecule has 0 aliphatic heterocycles. The molecule has 1 amide bonds. The number of amides is 1. The number of nitro groups is 1. The summed E-state index contributed by atoms with van der Waals surface area (Å²) < 4.78 is 5.60. The maximum Gasteiger partial charge on any atom is 0.269 e. The van der Waals surface area contributed by atoms with Crippen molar-refractivity contribution in [2.45, 2.75) is 32.7 Å². The van der Waals surface area contributed by atoms with Gasteiger partial charge in [-0.05, 0) is 50.1 Å². The highest BCUT2D eigenvalue weighted by molar-refractivity contribution is 5.94. The van der Waals surface area contributed by atoms with E-state index in [9.17, 15) is 19.7 Å². The molecule has 2 rings (SSSR count). The van der Waals surface area contributed by atoms with Crippen molar-refractivity contribution in [3.63, 3.8) is 0 Å². The van der Waals surface area contributed by atoms with Crippen molar-refractivity contribution in [1.82, 2.24) is 4.90 Å². The Morgan fingerprint density at radius 3 is 2.46 bits per heavy atom. The third-order valence-corrected chi connectivity index (χ3v) is 4.60. The van der Waals surface area contributed by atoms with Crippen molar-refractivity contribution in [3.05, 3.63) is 69.8 Å². The minimum absolute atomic E-state index is 0.00180. The number of hydrogen-bond acceptors (Lipinski definition) is 5. The highest BCUT2D eigenvalue weighted by atomic mass is 16.6. The Balaban J connectivity index is 1.82. The summed E-state index contributed by atoms with van der Waals surface area (Å²) in [5.74, 6) is 0.586. The van der Waals surface area contributed by atoms with Crippen molar-refractivity contribution in [2.75, 3.05) is 13.7 Å². The van der Waals surface area contributed by atoms with E-state index in [0.717, 1.165) is 0 Å². The van der Waals surface area contributed by atoms with E-state index in [2.05, 4.69) is 0 Å². The highest BCUT2D eigenvalue weighted by Crippen LogP contribution is 2.23. The van der Waals surface area contributed by atoms with Gasteiger partial charge in [0.05, 0.1) is 17.6 Å². The molecule has 7 heteroatoms. The second kappa shape index (κ2) is 9.64. The number of nitro benzene ring substituents is 1. The van der Waals surface area contributed by atoms with E-state index in [0.29, 0.717) is 36.3 Å². The average molecular weight is 384 g/mol. The molecule has 148 valence electrons. The second-order valence-corrected chi connectivity index (χ2v) is 6.57. The van der Waals surface area contributed by atoms with E-state index < -0.39 is 4.92 Å². The molecular weight excluding hydrogens is 360 g/mol. The standard InChI is InChI=1S/C21H24N2O5/c1-15(18-6-4-7-19(14-18)23(26)27)22(3)21(25)8-5-13-28-20-11-9-17(10-12-20)16(2)24/h4,6-7,9-12,14-15H,5,8,13H2,1-3H3/t15-/m1/s1. The van der Waals surface area contributed by atoms with Crippen LogP contribution < -0.4 is 4.74 Å². The third kappa shape index (κ3) is 5.64. The molecule has 0 saturated heterocycles. The van der Waals surface area contributed by atoms with Gasteiger partial charge in [0.1, 0.15) is 5.75 Å². The van der Waals surface area contributed by atoms with Gasteiger partial charge in [0.2, 0.25) is 5.91 Å². The van der Waals surface area contributed by atoms with Crippen LogP contribution in [0.2, 0.25) is 0 Å². The van der Waals surface area contributed by atoms with Crippen LogP contribution in [-0.2, 0) is 4.79 Å². The molecule has 0 heterocycles. The van der Waals surface area contributed by atoms with Crippen molar-refractivity contribution < 1.29 is 19.2 Å². The number of nitrogens with zero attached hydrogens (tertiary/aromatic N) is 2. The smallest absolute Gasteiger partial charge is 0.269 e. The lowest BCUT2D eigenvalue weighted by molar-refractivity contribution is -0.384. The molecule has 0 aromatic heterocycles. The molecule has 0 unspecified atom stereocenters. The lowest BCUT2D eigenvalue weighted by Crippen LogP contribution is -2.29. The average Bonchev–Trinajstić information content (AvgIpc) is 2.70. The normalized spacial score (nSPS) is 11.5. The minimum atomic E-state index is -0.446. The molecule has 0 aliphatic rings. The zero-order chi connectivity index (χ0) is 20.7. The van der Waals surface area contributed by atoms with Crippen LogP contribution in [0.3, 0.4) is 0 Å². The number of carbonyl (C=O) groups excluding carboxylic acids is 2. The van der Waals surface area contributed by atoms with Gasteiger partial charge < -0.3 is 9.64 Å². The zero-order valence-corrected chi connectivity index (χ0v) is 16.3. The molecule has 28 heavy (non-hydrogen) atoms. The number of rotatable bonds is 9. The van der Waals surface area contributed by atoms with Gasteiger partial charge in [0.15, 0.2) is 5.78 Å². The maximum atomic E-state index is 12.4. The van der Waals surface area contributed by atoms with E-state index in [1.165, 1.54) is 19.1 Å². The first-order chi connectivity index (χ1) is 13.3. The lowest BCUT2D eigenvalue weighted by atomic mass is 10.1. The number of Topliss-reactive ketones (excluding diaryl/α,β-unsaturated/α-hetero) is 1. The third-order valence-electron chi connectivity index (χ3n) is 4.60. The van der Waals surface area contributed by atoms with Gasteiger partial charge in [-0.3, -0.25) is 19.7 Å². The number of carbonyl (C=O) groups is 2. The van der Waals surface area contributed by atoms with Crippen LogP contribution in [0.25, 0.3) is 0 Å². The number of benzene rings is 2. The summed E-state index contributed by atoms with van der Waals surface area (Å²) in [5.41, 5.74) is 1.35. The Morgan fingerprint density at radius 2 is 1.86 bits per heavy atom. The molecule has 0 N–H and O–H groups in total. The lowest BCUT2D eigenvalue weighted by Gasteiger charge is -2.25. The van der Waals surface area contributed by atoms with Crippen molar-refractivity contribution in [3.8, 4) is 5.75 Å². The molecule has 1 atom stereocenters. The predicted octanol–water partition coefficient (Wildman–Crippen LogP) is 4.18. The van der Waals surface area contributed by atoms with Crippen molar-refractivity contribution in [1.29, 1.82) is 0 Å². The number of hydrogen-bond donors (Lipinski definition) is 0. The largest absolute Gasteiger partial charge is 0.494 e. The molecule has 2 aromatic rings. The molecule has 0 saturated carbocycles. The van der Waals surface area contributed by atoms with Gasteiger partial charge in [0, 0.05) is 31.2 Å². The van der Waals surface area contributed by atoms with Crippen LogP contribution in [0.4, 0.5) is 5.69 Å². The first-order valence-corrected chi connectivity index (χ1v) is 9.03. The fourth-order valence-electron chi connectivity index (χ4n) is 2.71. The van der Waals surface area contributed by atoms with Crippen molar-refractivity contribution in [2.24, 2.45) is 0 Å². The summed E-state index contributed by atoms with van der Waals surface area (Å²) >= 11 is 0. The van der Waals surface area contributed by atoms with E-state index >= 15 is 0 Å². The van der Waals surface area contributed by atoms with E-state index in [1.807, 2.05) is 6.92 Å². The van der Waals surface area contributed by atoms with Gasteiger partial charge in [-0.25, -0.2) is 0 Å². The number of ketones is 1. The van der Waals surface area contributed by atoms with Crippen molar-refractivity contribution >= 4 is 17.4 Å². The van der Waals surface area contributed by atoms with Crippen LogP contribution in [-0.4, -0.2) is 35.2 Å². The minimum Gasteiger partial charge on any atom is -0.494 e. The molecule has 7 nitrogen and oxygen atoms in total. The van der Waals surface area contributed by atoms with Crippen LogP contribution in [0.15, 0.2) is 48.5 Å². The first-order valence-electron chi connectivity index (χ1n) is 9.03.